The molecule has 1 aliphatic heterocycles. The average Bonchev–Trinajstić information content (AvgIpc) is 3.36. The van der Waals surface area contributed by atoms with Crippen LogP contribution >= 0.6 is 11.3 Å². The molecule has 1 aromatic heterocycles. The van der Waals surface area contributed by atoms with Crippen molar-refractivity contribution in [1.82, 2.24) is 20.4 Å². The van der Waals surface area contributed by atoms with Crippen LogP contribution in [0.25, 0.3) is 0 Å². The summed E-state index contributed by atoms with van der Waals surface area (Å²) in [6.07, 6.45) is 0.886. The number of halogens is 1. The molecule has 2 N–H and O–H groups in total. The molecule has 0 bridgehead atoms. The highest BCUT2D eigenvalue weighted by Gasteiger charge is 2.14. The maximum atomic E-state index is 13.3. The molecular formula is C24H26FN5O4S. The smallest absolute Gasteiger partial charge is 0.286 e. The number of hydrogen-bond acceptors (Lipinski definition) is 8. The van der Waals surface area contributed by atoms with Crippen molar-refractivity contribution in [2.45, 2.75) is 13.0 Å². The van der Waals surface area contributed by atoms with E-state index in [9.17, 15) is 14.0 Å². The molecule has 184 valence electrons. The number of morpholine rings is 1. The van der Waals surface area contributed by atoms with Crippen LogP contribution < -0.4 is 15.4 Å². The van der Waals surface area contributed by atoms with Crippen LogP contribution in [-0.2, 0) is 11.3 Å². The summed E-state index contributed by atoms with van der Waals surface area (Å²) in [4.78, 5) is 27.0. The van der Waals surface area contributed by atoms with E-state index in [1.54, 1.807) is 30.3 Å². The first-order valence-corrected chi connectivity index (χ1v) is 12.1. The normalized spacial score (nSPS) is 13.9. The number of rotatable bonds is 10. The quantitative estimate of drug-likeness (QED) is 0.413. The molecule has 3 aromatic rings. The fourth-order valence-electron chi connectivity index (χ4n) is 3.43. The number of nitrogens with one attached hydrogen (secondary N) is 2. The number of benzene rings is 2. The molecule has 2 heterocycles. The van der Waals surface area contributed by atoms with Crippen molar-refractivity contribution in [3.8, 4) is 5.75 Å². The lowest BCUT2D eigenvalue weighted by atomic mass is 10.2. The summed E-state index contributed by atoms with van der Waals surface area (Å²) >= 11 is 1.09. The molecule has 2 aromatic carbocycles. The minimum Gasteiger partial charge on any atom is -0.486 e. The highest BCUT2D eigenvalue weighted by Crippen LogP contribution is 2.18. The van der Waals surface area contributed by atoms with Crippen LogP contribution in [0.4, 0.5) is 10.1 Å². The van der Waals surface area contributed by atoms with Gasteiger partial charge in [-0.1, -0.05) is 17.4 Å². The zero-order valence-electron chi connectivity index (χ0n) is 19.0. The summed E-state index contributed by atoms with van der Waals surface area (Å²) in [7, 11) is 0. The number of aromatic nitrogens is 2. The van der Waals surface area contributed by atoms with Gasteiger partial charge in [-0.2, -0.15) is 0 Å². The lowest BCUT2D eigenvalue weighted by Gasteiger charge is -2.26. The van der Waals surface area contributed by atoms with Gasteiger partial charge in [-0.05, 0) is 55.4 Å². The first-order valence-electron chi connectivity index (χ1n) is 11.3. The molecule has 11 heteroatoms. The average molecular weight is 500 g/mol. The van der Waals surface area contributed by atoms with Crippen molar-refractivity contribution in [2.75, 3.05) is 44.7 Å². The zero-order valence-corrected chi connectivity index (χ0v) is 19.9. The van der Waals surface area contributed by atoms with Crippen LogP contribution in [0, 0.1) is 5.82 Å². The minimum absolute atomic E-state index is 0.123. The molecule has 0 saturated carbocycles. The maximum Gasteiger partial charge on any atom is 0.286 e. The van der Waals surface area contributed by atoms with Crippen molar-refractivity contribution in [1.29, 1.82) is 0 Å². The van der Waals surface area contributed by atoms with E-state index in [0.717, 1.165) is 50.6 Å². The molecule has 0 unspecified atom stereocenters. The number of nitrogens with zero attached hydrogens (tertiary/aromatic N) is 3. The second-order valence-corrected chi connectivity index (χ2v) is 8.90. The summed E-state index contributed by atoms with van der Waals surface area (Å²) in [5.41, 5.74) is 0.889. The fourth-order valence-corrected chi connectivity index (χ4v) is 4.08. The maximum absolute atomic E-state index is 13.3. The summed E-state index contributed by atoms with van der Waals surface area (Å²) < 4.78 is 24.3. The largest absolute Gasteiger partial charge is 0.486 e. The second kappa shape index (κ2) is 12.3. The molecule has 0 spiro atoms. The van der Waals surface area contributed by atoms with Crippen molar-refractivity contribution >= 4 is 28.8 Å². The first-order chi connectivity index (χ1) is 17.1. The van der Waals surface area contributed by atoms with E-state index in [1.807, 2.05) is 0 Å². The van der Waals surface area contributed by atoms with Crippen molar-refractivity contribution in [2.24, 2.45) is 0 Å². The number of hydrogen-bond donors (Lipinski definition) is 2. The molecule has 9 nitrogen and oxygen atoms in total. The predicted octanol–water partition coefficient (Wildman–Crippen LogP) is 2.96. The highest BCUT2D eigenvalue weighted by atomic mass is 32.1. The third kappa shape index (κ3) is 7.54. The Kier molecular flexibility index (Phi) is 8.71. The number of ether oxygens (including phenoxy) is 2. The summed E-state index contributed by atoms with van der Waals surface area (Å²) in [6.45, 7) is 5.10. The van der Waals surface area contributed by atoms with Gasteiger partial charge in [0.1, 0.15) is 18.2 Å². The Morgan fingerprint density at radius 1 is 1.09 bits per heavy atom. The van der Waals surface area contributed by atoms with E-state index in [-0.39, 0.29) is 17.5 Å². The van der Waals surface area contributed by atoms with Crippen LogP contribution in [0.3, 0.4) is 0 Å². The molecule has 0 radical (unpaired) electrons. The lowest BCUT2D eigenvalue weighted by molar-refractivity contribution is 0.0374. The molecular weight excluding hydrogens is 473 g/mol. The van der Waals surface area contributed by atoms with Gasteiger partial charge in [0, 0.05) is 30.9 Å². The van der Waals surface area contributed by atoms with Crippen LogP contribution in [0.2, 0.25) is 0 Å². The third-order valence-electron chi connectivity index (χ3n) is 5.26. The standard InChI is InChI=1S/C24H26FN5O4S/c25-18-3-1-4-19(15-18)27-23(32)24-29-28-21(35-24)16-34-20-7-5-17(6-8-20)22(31)26-9-2-10-30-11-13-33-14-12-30/h1,3-8,15H,2,9-14,16H2,(H,26,31)(H,27,32). The monoisotopic (exact) mass is 499 g/mol. The summed E-state index contributed by atoms with van der Waals surface area (Å²) in [5, 5.41) is 14.0. The molecule has 1 saturated heterocycles. The van der Waals surface area contributed by atoms with Crippen LogP contribution in [0.15, 0.2) is 48.5 Å². The fraction of sp³-hybridized carbons (Fsp3) is 0.333. The Balaban J connectivity index is 1.19. The van der Waals surface area contributed by atoms with Gasteiger partial charge < -0.3 is 20.1 Å². The van der Waals surface area contributed by atoms with Gasteiger partial charge in [-0.15, -0.1) is 10.2 Å². The van der Waals surface area contributed by atoms with E-state index in [2.05, 4.69) is 25.7 Å². The van der Waals surface area contributed by atoms with E-state index >= 15 is 0 Å². The Morgan fingerprint density at radius 3 is 2.66 bits per heavy atom. The Bertz CT molecular complexity index is 1130. The highest BCUT2D eigenvalue weighted by molar-refractivity contribution is 7.13. The second-order valence-electron chi connectivity index (χ2n) is 7.84. The molecule has 2 amide bonds. The van der Waals surface area contributed by atoms with Gasteiger partial charge in [0.2, 0.25) is 5.01 Å². The van der Waals surface area contributed by atoms with E-state index < -0.39 is 11.7 Å². The van der Waals surface area contributed by atoms with Crippen molar-refractivity contribution < 1.29 is 23.5 Å². The minimum atomic E-state index is -0.473. The summed E-state index contributed by atoms with van der Waals surface area (Å²) in [6, 6.07) is 12.4. The van der Waals surface area contributed by atoms with E-state index in [1.165, 1.54) is 18.2 Å². The van der Waals surface area contributed by atoms with Crippen molar-refractivity contribution in [3.63, 3.8) is 0 Å². The van der Waals surface area contributed by atoms with Gasteiger partial charge in [0.25, 0.3) is 11.8 Å². The Morgan fingerprint density at radius 2 is 1.89 bits per heavy atom. The number of anilines is 1. The molecule has 0 aliphatic carbocycles. The van der Waals surface area contributed by atoms with E-state index in [0.29, 0.717) is 28.6 Å². The van der Waals surface area contributed by atoms with Crippen LogP contribution in [-0.4, -0.2) is 66.3 Å². The molecule has 1 aliphatic rings. The Hall–Kier alpha value is -3.41. The Labute approximate surface area is 206 Å². The number of amides is 2. The van der Waals surface area contributed by atoms with Gasteiger partial charge in [0.05, 0.1) is 13.2 Å². The van der Waals surface area contributed by atoms with Crippen LogP contribution in [0.5, 0.6) is 5.75 Å². The van der Waals surface area contributed by atoms with Crippen molar-refractivity contribution in [3.05, 3.63) is 69.9 Å². The SMILES string of the molecule is O=C(NCCCN1CCOCC1)c1ccc(OCc2nnc(C(=O)Nc3cccc(F)c3)s2)cc1. The first kappa shape index (κ1) is 24.7. The number of carbonyl (C=O) groups excluding carboxylic acids is 2. The summed E-state index contributed by atoms with van der Waals surface area (Å²) in [5.74, 6) is -0.479. The molecule has 0 atom stereocenters. The van der Waals surface area contributed by atoms with E-state index in [4.69, 9.17) is 9.47 Å². The molecule has 4 rings (SSSR count). The predicted molar refractivity (Wildman–Crippen MR) is 129 cm³/mol. The topological polar surface area (TPSA) is 106 Å². The van der Waals surface area contributed by atoms with Gasteiger partial charge >= 0.3 is 0 Å². The van der Waals surface area contributed by atoms with Crippen LogP contribution in [0.1, 0.15) is 31.6 Å². The van der Waals surface area contributed by atoms with Gasteiger partial charge in [-0.3, -0.25) is 14.5 Å². The molecule has 35 heavy (non-hydrogen) atoms. The third-order valence-corrected chi connectivity index (χ3v) is 6.16. The lowest BCUT2D eigenvalue weighted by Crippen LogP contribution is -2.38. The molecule has 1 fully saturated rings. The van der Waals surface area contributed by atoms with Gasteiger partial charge in [0.15, 0.2) is 5.01 Å². The zero-order chi connectivity index (χ0) is 24.5. The van der Waals surface area contributed by atoms with Gasteiger partial charge in [-0.25, -0.2) is 4.39 Å². The number of carbonyl (C=O) groups is 2.